The molecule has 108 valence electrons. The smallest absolute Gasteiger partial charge is 0.0593 e. The Morgan fingerprint density at radius 1 is 1.22 bits per heavy atom. The lowest BCUT2D eigenvalue weighted by molar-refractivity contribution is 0.0596. The van der Waals surface area contributed by atoms with Crippen LogP contribution in [0.25, 0.3) is 0 Å². The van der Waals surface area contributed by atoms with Crippen LogP contribution in [0.2, 0.25) is 0 Å². The number of nitrogens with zero attached hydrogens (tertiary/aromatic N) is 1. The molecular formula is C15H32N2O. The van der Waals surface area contributed by atoms with Crippen LogP contribution in [0, 0.1) is 5.92 Å². The van der Waals surface area contributed by atoms with Gasteiger partial charge in [0, 0.05) is 31.8 Å². The second kappa shape index (κ2) is 8.89. The number of ether oxygens (including phenoxy) is 1. The minimum atomic E-state index is 0.589. The molecule has 1 unspecified atom stereocenters. The van der Waals surface area contributed by atoms with Crippen LogP contribution >= 0.6 is 0 Å². The first-order chi connectivity index (χ1) is 8.59. The predicted molar refractivity (Wildman–Crippen MR) is 78.0 cm³/mol. The molecule has 1 atom stereocenters. The molecule has 1 aliphatic heterocycles. The highest BCUT2D eigenvalue weighted by Gasteiger charge is 2.21. The van der Waals surface area contributed by atoms with Gasteiger partial charge in [-0.2, -0.15) is 0 Å². The molecule has 0 aromatic heterocycles. The van der Waals surface area contributed by atoms with Crippen LogP contribution in [0.3, 0.4) is 0 Å². The first-order valence-electron chi connectivity index (χ1n) is 7.64. The van der Waals surface area contributed by atoms with Gasteiger partial charge in [0.2, 0.25) is 0 Å². The van der Waals surface area contributed by atoms with Crippen molar-refractivity contribution in [2.24, 2.45) is 5.92 Å². The summed E-state index contributed by atoms with van der Waals surface area (Å²) in [5, 5.41) is 3.57. The fraction of sp³-hybridized carbons (Fsp3) is 1.00. The summed E-state index contributed by atoms with van der Waals surface area (Å²) in [6.45, 7) is 14.1. The monoisotopic (exact) mass is 256 g/mol. The average molecular weight is 256 g/mol. The van der Waals surface area contributed by atoms with Crippen molar-refractivity contribution in [1.82, 2.24) is 10.2 Å². The zero-order valence-corrected chi connectivity index (χ0v) is 12.7. The van der Waals surface area contributed by atoms with Crippen molar-refractivity contribution in [2.45, 2.75) is 59.0 Å². The van der Waals surface area contributed by atoms with E-state index < -0.39 is 0 Å². The molecule has 0 saturated carbocycles. The van der Waals surface area contributed by atoms with Crippen molar-refractivity contribution in [3.05, 3.63) is 0 Å². The molecule has 3 heteroatoms. The fourth-order valence-electron chi connectivity index (χ4n) is 2.46. The van der Waals surface area contributed by atoms with Crippen molar-refractivity contribution >= 4 is 0 Å². The molecule has 0 aromatic carbocycles. The first kappa shape index (κ1) is 15.9. The Morgan fingerprint density at radius 3 is 2.67 bits per heavy atom. The van der Waals surface area contributed by atoms with E-state index in [1.54, 1.807) is 0 Å². The maximum Gasteiger partial charge on any atom is 0.0593 e. The number of likely N-dealkylation sites (tertiary alicyclic amines) is 1. The highest BCUT2D eigenvalue weighted by atomic mass is 16.5. The molecule has 1 N–H and O–H groups in total. The van der Waals surface area contributed by atoms with Gasteiger partial charge in [-0.3, -0.25) is 4.90 Å². The van der Waals surface area contributed by atoms with Gasteiger partial charge in [0.1, 0.15) is 0 Å². The van der Waals surface area contributed by atoms with Crippen molar-refractivity contribution in [1.29, 1.82) is 0 Å². The number of nitrogens with one attached hydrogen (secondary N) is 1. The van der Waals surface area contributed by atoms with Crippen LogP contribution in [0.1, 0.15) is 47.0 Å². The molecule has 0 spiro atoms. The summed E-state index contributed by atoms with van der Waals surface area (Å²) >= 11 is 0. The molecule has 0 radical (unpaired) electrons. The molecular weight excluding hydrogens is 224 g/mol. The number of hydrogen-bond acceptors (Lipinski definition) is 3. The van der Waals surface area contributed by atoms with E-state index in [1.165, 1.54) is 25.8 Å². The van der Waals surface area contributed by atoms with E-state index in [1.807, 2.05) is 0 Å². The summed E-state index contributed by atoms with van der Waals surface area (Å²) in [7, 11) is 0. The zero-order chi connectivity index (χ0) is 13.4. The Morgan fingerprint density at radius 2 is 2.00 bits per heavy atom. The Labute approximate surface area is 113 Å². The Kier molecular flexibility index (Phi) is 7.87. The van der Waals surface area contributed by atoms with Crippen molar-refractivity contribution in [3.8, 4) is 0 Å². The zero-order valence-electron chi connectivity index (χ0n) is 12.7. The SMILES string of the molecule is CC(C)COCCN1CCCCC1CNC(C)C. The molecule has 18 heavy (non-hydrogen) atoms. The van der Waals surface area contributed by atoms with Crippen LogP contribution in [-0.2, 0) is 4.74 Å². The molecule has 1 heterocycles. The maximum absolute atomic E-state index is 5.71. The van der Waals surface area contributed by atoms with Gasteiger partial charge in [-0.15, -0.1) is 0 Å². The highest BCUT2D eigenvalue weighted by Crippen LogP contribution is 2.16. The van der Waals surface area contributed by atoms with Crippen LogP contribution in [0.15, 0.2) is 0 Å². The van der Waals surface area contributed by atoms with Gasteiger partial charge in [-0.1, -0.05) is 34.1 Å². The molecule has 3 nitrogen and oxygen atoms in total. The Balaban J connectivity index is 2.21. The van der Waals surface area contributed by atoms with Gasteiger partial charge < -0.3 is 10.1 Å². The fourth-order valence-corrected chi connectivity index (χ4v) is 2.46. The Bertz CT molecular complexity index is 207. The van der Waals surface area contributed by atoms with Crippen LogP contribution in [-0.4, -0.2) is 49.8 Å². The largest absolute Gasteiger partial charge is 0.380 e. The normalized spacial score (nSPS) is 22.0. The molecule has 1 rings (SSSR count). The van der Waals surface area contributed by atoms with E-state index in [0.717, 1.165) is 26.3 Å². The number of rotatable bonds is 8. The number of piperidine rings is 1. The first-order valence-corrected chi connectivity index (χ1v) is 7.64. The molecule has 1 saturated heterocycles. The molecule has 1 fully saturated rings. The van der Waals surface area contributed by atoms with Crippen molar-refractivity contribution in [3.63, 3.8) is 0 Å². The van der Waals surface area contributed by atoms with E-state index in [4.69, 9.17) is 4.74 Å². The quantitative estimate of drug-likeness (QED) is 0.675. The van der Waals surface area contributed by atoms with Gasteiger partial charge in [0.25, 0.3) is 0 Å². The van der Waals surface area contributed by atoms with Crippen LogP contribution in [0.4, 0.5) is 0 Å². The number of hydrogen-bond donors (Lipinski definition) is 1. The Hall–Kier alpha value is -0.120. The topological polar surface area (TPSA) is 24.5 Å². The molecule has 0 bridgehead atoms. The van der Waals surface area contributed by atoms with Gasteiger partial charge >= 0.3 is 0 Å². The summed E-state index contributed by atoms with van der Waals surface area (Å²) in [5.41, 5.74) is 0. The summed E-state index contributed by atoms with van der Waals surface area (Å²) in [6, 6.07) is 1.30. The highest BCUT2D eigenvalue weighted by molar-refractivity contribution is 4.79. The van der Waals surface area contributed by atoms with Gasteiger partial charge in [-0.25, -0.2) is 0 Å². The van der Waals surface area contributed by atoms with E-state index in [2.05, 4.69) is 37.9 Å². The molecule has 0 amide bonds. The van der Waals surface area contributed by atoms with E-state index >= 15 is 0 Å². The minimum Gasteiger partial charge on any atom is -0.380 e. The van der Waals surface area contributed by atoms with Gasteiger partial charge in [-0.05, 0) is 25.3 Å². The standard InChI is InChI=1S/C15H32N2O/c1-13(2)12-18-10-9-17-8-6-5-7-15(17)11-16-14(3)4/h13-16H,5-12H2,1-4H3. The average Bonchev–Trinajstić information content (AvgIpc) is 2.33. The van der Waals surface area contributed by atoms with E-state index in [0.29, 0.717) is 18.0 Å². The second-order valence-corrected chi connectivity index (χ2v) is 6.22. The van der Waals surface area contributed by atoms with E-state index in [-0.39, 0.29) is 0 Å². The van der Waals surface area contributed by atoms with Crippen LogP contribution < -0.4 is 5.32 Å². The van der Waals surface area contributed by atoms with Gasteiger partial charge in [0.15, 0.2) is 0 Å². The summed E-state index contributed by atoms with van der Waals surface area (Å²) in [6.07, 6.45) is 4.07. The summed E-state index contributed by atoms with van der Waals surface area (Å²) < 4.78 is 5.71. The van der Waals surface area contributed by atoms with Crippen molar-refractivity contribution in [2.75, 3.05) is 32.8 Å². The van der Waals surface area contributed by atoms with Gasteiger partial charge in [0.05, 0.1) is 6.61 Å². The lowest BCUT2D eigenvalue weighted by Gasteiger charge is -2.36. The third kappa shape index (κ3) is 6.72. The van der Waals surface area contributed by atoms with Crippen LogP contribution in [0.5, 0.6) is 0 Å². The molecule has 0 aliphatic carbocycles. The maximum atomic E-state index is 5.71. The summed E-state index contributed by atoms with van der Waals surface area (Å²) in [5.74, 6) is 0.643. The molecule has 1 aliphatic rings. The van der Waals surface area contributed by atoms with Crippen molar-refractivity contribution < 1.29 is 4.74 Å². The second-order valence-electron chi connectivity index (χ2n) is 6.22. The minimum absolute atomic E-state index is 0.589. The molecule has 0 aromatic rings. The lowest BCUT2D eigenvalue weighted by Crippen LogP contribution is -2.47. The predicted octanol–water partition coefficient (Wildman–Crippen LogP) is 2.51. The lowest BCUT2D eigenvalue weighted by atomic mass is 10.0. The third-order valence-corrected chi connectivity index (χ3v) is 3.48. The third-order valence-electron chi connectivity index (χ3n) is 3.48. The van der Waals surface area contributed by atoms with E-state index in [9.17, 15) is 0 Å². The summed E-state index contributed by atoms with van der Waals surface area (Å²) in [4.78, 5) is 2.61.